The largest absolute Gasteiger partial charge is 0.483 e. The van der Waals surface area contributed by atoms with Crippen LogP contribution in [0.4, 0.5) is 0 Å². The van der Waals surface area contributed by atoms with Crippen molar-refractivity contribution in [1.29, 1.82) is 0 Å². The number of aliphatic hydroxyl groups excluding tert-OH is 1. The van der Waals surface area contributed by atoms with E-state index in [1.165, 1.54) is 19.2 Å². The predicted molar refractivity (Wildman–Crippen MR) is 112 cm³/mol. The van der Waals surface area contributed by atoms with Crippen molar-refractivity contribution in [3.05, 3.63) is 64.1 Å². The minimum atomic E-state index is -4.13. The molecule has 0 aromatic heterocycles. The highest BCUT2D eigenvalue weighted by molar-refractivity contribution is 9.10. The number of methoxy groups -OCH3 is 1. The van der Waals surface area contributed by atoms with Gasteiger partial charge in [-0.2, -0.15) is 8.42 Å². The number of hydrogen-bond donors (Lipinski definition) is 1. The summed E-state index contributed by atoms with van der Waals surface area (Å²) in [6, 6.07) is 12.8. The minimum Gasteiger partial charge on any atom is -0.483 e. The number of aryl methyl sites for hydroxylation is 1. The molecular formula is C20H22BrNO6S. The molecule has 9 heteroatoms. The Bertz CT molecular complexity index is 971. The number of rotatable bonds is 7. The molecule has 29 heavy (non-hydrogen) atoms. The van der Waals surface area contributed by atoms with Crippen molar-refractivity contribution in [3.63, 3.8) is 0 Å². The summed E-state index contributed by atoms with van der Waals surface area (Å²) in [4.78, 5) is 12.1. The number of halogens is 1. The molecule has 2 unspecified atom stereocenters. The van der Waals surface area contributed by atoms with Gasteiger partial charge in [0.05, 0.1) is 24.5 Å². The maximum Gasteiger partial charge on any atom is 0.336 e. The number of esters is 1. The zero-order chi connectivity index (χ0) is 21.6. The quantitative estimate of drug-likeness (QED) is 0.368. The van der Waals surface area contributed by atoms with Crippen molar-refractivity contribution in [2.45, 2.75) is 30.8 Å². The Morgan fingerprint density at radius 1 is 1.14 bits per heavy atom. The van der Waals surface area contributed by atoms with Crippen LogP contribution in [-0.2, 0) is 24.3 Å². The average Bonchev–Trinajstić information content (AvgIpc) is 2.69. The van der Waals surface area contributed by atoms with Crippen LogP contribution in [-0.4, -0.2) is 45.2 Å². The van der Waals surface area contributed by atoms with Gasteiger partial charge in [0.1, 0.15) is 0 Å². The zero-order valence-corrected chi connectivity index (χ0v) is 18.6. The van der Waals surface area contributed by atoms with Gasteiger partial charge >= 0.3 is 5.97 Å². The molecule has 0 radical (unpaired) electrons. The molecule has 0 saturated carbocycles. The highest BCUT2D eigenvalue weighted by Crippen LogP contribution is 2.27. The Morgan fingerprint density at radius 2 is 1.72 bits per heavy atom. The summed E-state index contributed by atoms with van der Waals surface area (Å²) in [6.07, 6.45) is -1.71. The third kappa shape index (κ3) is 5.88. The lowest BCUT2D eigenvalue weighted by Crippen LogP contribution is -2.35. The van der Waals surface area contributed by atoms with Gasteiger partial charge in [0.2, 0.25) is 5.90 Å². The second-order valence-electron chi connectivity index (χ2n) is 6.15. The molecule has 2 atom stereocenters. The molecule has 0 amide bonds. The zero-order valence-electron chi connectivity index (χ0n) is 16.2. The second-order valence-corrected chi connectivity index (χ2v) is 8.67. The molecule has 7 nitrogen and oxygen atoms in total. The van der Waals surface area contributed by atoms with Gasteiger partial charge in [0.25, 0.3) is 10.0 Å². The molecule has 0 aliphatic carbocycles. The Morgan fingerprint density at radius 3 is 2.24 bits per heavy atom. The van der Waals surface area contributed by atoms with Gasteiger partial charge in [-0.25, -0.2) is 4.79 Å². The standard InChI is InChI=1S/C20H22BrNO6S/c1-4-28-20(24)18(23)17(14-7-9-15(21)10-8-14)19(27-3)22-29(25,26)16-11-5-13(2)6-12-16/h5-12,17-18,23H,4H2,1-3H3/b22-19-. The van der Waals surface area contributed by atoms with Crippen molar-refractivity contribution >= 4 is 37.8 Å². The first-order valence-corrected chi connectivity index (χ1v) is 11.0. The Kier molecular flexibility index (Phi) is 7.95. The maximum absolute atomic E-state index is 12.7. The van der Waals surface area contributed by atoms with E-state index in [2.05, 4.69) is 20.3 Å². The molecule has 2 aromatic carbocycles. The fraction of sp³-hybridized carbons (Fsp3) is 0.300. The predicted octanol–water partition coefficient (Wildman–Crippen LogP) is 3.20. The van der Waals surface area contributed by atoms with Gasteiger partial charge in [-0.05, 0) is 43.7 Å². The van der Waals surface area contributed by atoms with Crippen LogP contribution < -0.4 is 0 Å². The highest BCUT2D eigenvalue weighted by atomic mass is 79.9. The molecule has 0 heterocycles. The lowest BCUT2D eigenvalue weighted by Gasteiger charge is -2.22. The van der Waals surface area contributed by atoms with E-state index in [1.807, 2.05) is 6.92 Å². The third-order valence-electron chi connectivity index (χ3n) is 4.08. The maximum atomic E-state index is 12.7. The highest BCUT2D eigenvalue weighted by Gasteiger charge is 2.35. The van der Waals surface area contributed by atoms with E-state index in [-0.39, 0.29) is 17.4 Å². The van der Waals surface area contributed by atoms with Crippen LogP contribution in [0.2, 0.25) is 0 Å². The molecule has 2 rings (SSSR count). The third-order valence-corrected chi connectivity index (χ3v) is 5.89. The van der Waals surface area contributed by atoms with Gasteiger partial charge < -0.3 is 14.6 Å². The normalized spacial score (nSPS) is 14.2. The van der Waals surface area contributed by atoms with Crippen LogP contribution in [0.3, 0.4) is 0 Å². The fourth-order valence-electron chi connectivity index (χ4n) is 2.60. The second kappa shape index (κ2) is 10.00. The Hall–Kier alpha value is -2.23. The van der Waals surface area contributed by atoms with E-state index in [0.717, 1.165) is 10.0 Å². The first-order valence-electron chi connectivity index (χ1n) is 8.75. The van der Waals surface area contributed by atoms with Crippen LogP contribution >= 0.6 is 15.9 Å². The summed E-state index contributed by atoms with van der Waals surface area (Å²) in [7, 11) is -2.90. The summed E-state index contributed by atoms with van der Waals surface area (Å²) in [5.41, 5.74) is 1.33. The lowest BCUT2D eigenvalue weighted by atomic mass is 9.93. The Balaban J connectivity index is 2.56. The molecule has 0 bridgehead atoms. The van der Waals surface area contributed by atoms with Crippen molar-refractivity contribution in [2.24, 2.45) is 4.40 Å². The van der Waals surface area contributed by atoms with Crippen molar-refractivity contribution < 1.29 is 27.8 Å². The first kappa shape index (κ1) is 23.1. The molecule has 0 spiro atoms. The van der Waals surface area contributed by atoms with E-state index >= 15 is 0 Å². The van der Waals surface area contributed by atoms with E-state index in [4.69, 9.17) is 9.47 Å². The Labute approximate surface area is 178 Å². The van der Waals surface area contributed by atoms with Crippen LogP contribution in [0.25, 0.3) is 0 Å². The fourth-order valence-corrected chi connectivity index (χ4v) is 3.87. The minimum absolute atomic E-state index is 0.0298. The summed E-state index contributed by atoms with van der Waals surface area (Å²) < 4.78 is 40.2. The lowest BCUT2D eigenvalue weighted by molar-refractivity contribution is -0.153. The van der Waals surface area contributed by atoms with Gasteiger partial charge in [-0.1, -0.05) is 45.8 Å². The van der Waals surface area contributed by atoms with Gasteiger partial charge in [-0.15, -0.1) is 4.40 Å². The van der Waals surface area contributed by atoms with E-state index in [9.17, 15) is 18.3 Å². The molecule has 0 saturated heterocycles. The SMILES string of the molecule is CCOC(=O)C(O)C(/C(=N/S(=O)(=O)c1ccc(C)cc1)OC)c1ccc(Br)cc1. The number of carbonyl (C=O) groups is 1. The number of carbonyl (C=O) groups excluding carboxylic acids is 1. The number of sulfonamides is 1. The summed E-state index contributed by atoms with van der Waals surface area (Å²) in [6.45, 7) is 3.50. The summed E-state index contributed by atoms with van der Waals surface area (Å²) in [5.74, 6) is -2.40. The van der Waals surface area contributed by atoms with E-state index in [1.54, 1.807) is 43.3 Å². The van der Waals surface area contributed by atoms with Gasteiger partial charge in [0.15, 0.2) is 6.10 Å². The number of nitrogens with zero attached hydrogens (tertiary/aromatic N) is 1. The van der Waals surface area contributed by atoms with Gasteiger partial charge in [0, 0.05) is 4.47 Å². The summed E-state index contributed by atoms with van der Waals surface area (Å²) in [5, 5.41) is 10.6. The molecule has 0 aliphatic heterocycles. The van der Waals surface area contributed by atoms with Crippen LogP contribution in [0.1, 0.15) is 24.0 Å². The summed E-state index contributed by atoms with van der Waals surface area (Å²) >= 11 is 3.31. The topological polar surface area (TPSA) is 102 Å². The van der Waals surface area contributed by atoms with Crippen LogP contribution in [0.15, 0.2) is 62.3 Å². The van der Waals surface area contributed by atoms with Crippen molar-refractivity contribution in [1.82, 2.24) is 0 Å². The van der Waals surface area contributed by atoms with E-state index < -0.39 is 28.0 Å². The molecule has 2 aromatic rings. The monoisotopic (exact) mass is 483 g/mol. The number of hydrogen-bond acceptors (Lipinski definition) is 6. The van der Waals surface area contributed by atoms with Gasteiger partial charge in [-0.3, -0.25) is 0 Å². The van der Waals surface area contributed by atoms with Crippen molar-refractivity contribution in [3.8, 4) is 0 Å². The molecule has 0 fully saturated rings. The molecule has 1 N–H and O–H groups in total. The molecular weight excluding hydrogens is 462 g/mol. The van der Waals surface area contributed by atoms with E-state index in [0.29, 0.717) is 5.56 Å². The number of ether oxygens (including phenoxy) is 2. The van der Waals surface area contributed by atoms with Crippen LogP contribution in [0.5, 0.6) is 0 Å². The molecule has 156 valence electrons. The van der Waals surface area contributed by atoms with Crippen LogP contribution in [0, 0.1) is 6.92 Å². The molecule has 0 aliphatic rings. The number of benzene rings is 2. The first-order chi connectivity index (χ1) is 13.7. The van der Waals surface area contributed by atoms with Crippen molar-refractivity contribution in [2.75, 3.05) is 13.7 Å². The number of aliphatic hydroxyl groups is 1. The smallest absolute Gasteiger partial charge is 0.336 e. The average molecular weight is 484 g/mol.